The lowest BCUT2D eigenvalue weighted by Gasteiger charge is -2.12. The Balaban J connectivity index is 2.26. The summed E-state index contributed by atoms with van der Waals surface area (Å²) in [6, 6.07) is 5.14. The van der Waals surface area contributed by atoms with E-state index in [0.29, 0.717) is 33.3 Å². The predicted molar refractivity (Wildman–Crippen MR) is 96.4 cm³/mol. The number of hydrogen-bond acceptors (Lipinski definition) is 4. The summed E-state index contributed by atoms with van der Waals surface area (Å²) in [7, 11) is 0. The van der Waals surface area contributed by atoms with Crippen molar-refractivity contribution in [3.63, 3.8) is 0 Å². The second kappa shape index (κ2) is 8.42. The van der Waals surface area contributed by atoms with Crippen molar-refractivity contribution in [1.29, 1.82) is 0 Å². The van der Waals surface area contributed by atoms with E-state index in [2.05, 4.69) is 31.5 Å². The molecule has 0 unspecified atom stereocenters. The number of thiazole rings is 1. The van der Waals surface area contributed by atoms with Gasteiger partial charge in [0.1, 0.15) is 5.69 Å². The minimum atomic E-state index is -0.366. The quantitative estimate of drug-likeness (QED) is 0.698. The number of amides is 2. The van der Waals surface area contributed by atoms with Gasteiger partial charge in [-0.25, -0.2) is 4.98 Å². The molecule has 0 aliphatic rings. The second-order valence-corrected chi connectivity index (χ2v) is 7.11. The molecule has 5 nitrogen and oxygen atoms in total. The number of carbonyl (C=O) groups is 2. The van der Waals surface area contributed by atoms with Crippen LogP contribution in [0.25, 0.3) is 0 Å². The first-order valence-corrected chi connectivity index (χ1v) is 9.15. The molecular weight excluding hydrogens is 402 g/mol. The number of carbonyl (C=O) groups excluding carboxylic acids is 2. The number of rotatable bonds is 6. The van der Waals surface area contributed by atoms with Gasteiger partial charge in [-0.1, -0.05) is 13.0 Å². The highest BCUT2D eigenvalue weighted by Crippen LogP contribution is 2.21. The lowest BCUT2D eigenvalue weighted by atomic mass is 10.1. The summed E-state index contributed by atoms with van der Waals surface area (Å²) in [5.74, 6) is -0.315. The summed E-state index contributed by atoms with van der Waals surface area (Å²) in [5, 5.41) is 7.17. The van der Waals surface area contributed by atoms with Gasteiger partial charge >= 0.3 is 0 Å². The van der Waals surface area contributed by atoms with Crippen LogP contribution in [-0.4, -0.2) is 23.3 Å². The van der Waals surface area contributed by atoms with Crippen molar-refractivity contribution in [3.05, 3.63) is 44.3 Å². The third-order valence-corrected chi connectivity index (χ3v) is 4.65. The van der Waals surface area contributed by atoms with Gasteiger partial charge in [-0.15, -0.1) is 22.9 Å². The monoisotopic (exact) mass is 415 g/mol. The molecule has 2 amide bonds. The fourth-order valence-electron chi connectivity index (χ4n) is 1.85. The molecule has 1 aromatic carbocycles. The molecule has 8 heteroatoms. The van der Waals surface area contributed by atoms with E-state index in [1.54, 1.807) is 23.6 Å². The Morgan fingerprint density at radius 1 is 1.35 bits per heavy atom. The molecule has 0 spiro atoms. The van der Waals surface area contributed by atoms with Crippen molar-refractivity contribution in [2.24, 2.45) is 0 Å². The predicted octanol–water partition coefficient (Wildman–Crippen LogP) is 4.04. The molecule has 0 aliphatic carbocycles. The average molecular weight is 417 g/mol. The van der Waals surface area contributed by atoms with Gasteiger partial charge in [-0.2, -0.15) is 0 Å². The van der Waals surface area contributed by atoms with Crippen molar-refractivity contribution in [2.75, 3.05) is 11.9 Å². The van der Waals surface area contributed by atoms with Gasteiger partial charge in [0, 0.05) is 17.8 Å². The molecule has 0 atom stereocenters. The Labute approximate surface area is 151 Å². The van der Waals surface area contributed by atoms with Crippen molar-refractivity contribution in [1.82, 2.24) is 10.3 Å². The standard InChI is InChI=1S/C15H15BrClN3O2S/c1-2-5-18-13(21)10-6-9(7-17)3-4-11(10)19-14(22)12-8-23-15(16)20-12/h3-4,6,8H,2,5,7H2,1H3,(H,18,21)(H,19,22). The molecule has 2 aromatic rings. The van der Waals surface area contributed by atoms with Crippen LogP contribution in [0.3, 0.4) is 0 Å². The molecule has 1 heterocycles. The van der Waals surface area contributed by atoms with Gasteiger partial charge in [0.25, 0.3) is 11.8 Å². The van der Waals surface area contributed by atoms with Crippen molar-refractivity contribution >= 4 is 56.4 Å². The van der Waals surface area contributed by atoms with Gasteiger partial charge < -0.3 is 10.6 Å². The van der Waals surface area contributed by atoms with E-state index in [4.69, 9.17) is 11.6 Å². The van der Waals surface area contributed by atoms with Crippen LogP contribution in [0, 0.1) is 0 Å². The van der Waals surface area contributed by atoms with Gasteiger partial charge in [0.15, 0.2) is 3.92 Å². The van der Waals surface area contributed by atoms with E-state index in [9.17, 15) is 9.59 Å². The summed E-state index contributed by atoms with van der Waals surface area (Å²) in [6.07, 6.45) is 0.829. The molecule has 122 valence electrons. The fourth-order valence-corrected chi connectivity index (χ4v) is 3.00. The van der Waals surface area contributed by atoms with E-state index in [-0.39, 0.29) is 11.8 Å². The first-order valence-electron chi connectivity index (χ1n) is 6.94. The molecule has 0 fully saturated rings. The highest BCUT2D eigenvalue weighted by Gasteiger charge is 2.16. The summed E-state index contributed by atoms with van der Waals surface area (Å²) in [4.78, 5) is 28.6. The van der Waals surface area contributed by atoms with E-state index < -0.39 is 0 Å². The highest BCUT2D eigenvalue weighted by molar-refractivity contribution is 9.11. The maximum absolute atomic E-state index is 12.3. The zero-order chi connectivity index (χ0) is 16.8. The SMILES string of the molecule is CCCNC(=O)c1cc(CCl)ccc1NC(=O)c1csc(Br)n1. The highest BCUT2D eigenvalue weighted by atomic mass is 79.9. The molecule has 0 radical (unpaired) electrons. The van der Waals surface area contributed by atoms with E-state index in [1.807, 2.05) is 6.92 Å². The first-order chi connectivity index (χ1) is 11.0. The molecule has 23 heavy (non-hydrogen) atoms. The molecule has 2 rings (SSSR count). The molecule has 0 aliphatic heterocycles. The van der Waals surface area contributed by atoms with Gasteiger partial charge in [-0.05, 0) is 40.0 Å². The minimum absolute atomic E-state index is 0.242. The Morgan fingerprint density at radius 2 is 2.13 bits per heavy atom. The third kappa shape index (κ3) is 4.76. The topological polar surface area (TPSA) is 71.1 Å². The summed E-state index contributed by atoms with van der Waals surface area (Å²) in [5.41, 5.74) is 1.92. The molecule has 0 saturated heterocycles. The molecule has 2 N–H and O–H groups in total. The van der Waals surface area contributed by atoms with Crippen LogP contribution in [0.4, 0.5) is 5.69 Å². The Hall–Kier alpha value is -1.44. The Kier molecular flexibility index (Phi) is 6.56. The maximum Gasteiger partial charge on any atom is 0.275 e. The van der Waals surface area contributed by atoms with Crippen LogP contribution >= 0.6 is 38.9 Å². The minimum Gasteiger partial charge on any atom is -0.352 e. The number of anilines is 1. The number of hydrogen-bond donors (Lipinski definition) is 2. The van der Waals surface area contributed by atoms with Crippen LogP contribution < -0.4 is 10.6 Å². The number of nitrogens with one attached hydrogen (secondary N) is 2. The van der Waals surface area contributed by atoms with Crippen LogP contribution in [0.1, 0.15) is 39.8 Å². The average Bonchev–Trinajstić information content (AvgIpc) is 2.99. The molecular formula is C15H15BrClN3O2S. The first kappa shape index (κ1) is 17.9. The Morgan fingerprint density at radius 3 is 2.74 bits per heavy atom. The van der Waals surface area contributed by atoms with Gasteiger partial charge in [-0.3, -0.25) is 9.59 Å². The third-order valence-electron chi connectivity index (χ3n) is 2.98. The molecule has 0 saturated carbocycles. The fraction of sp³-hybridized carbons (Fsp3) is 0.267. The number of halogens is 2. The van der Waals surface area contributed by atoms with Crippen LogP contribution in [0.15, 0.2) is 27.5 Å². The van der Waals surface area contributed by atoms with Crippen LogP contribution in [0.2, 0.25) is 0 Å². The van der Waals surface area contributed by atoms with Gasteiger partial charge in [0.2, 0.25) is 0 Å². The zero-order valence-corrected chi connectivity index (χ0v) is 15.5. The lowest BCUT2D eigenvalue weighted by molar-refractivity contribution is 0.0954. The lowest BCUT2D eigenvalue weighted by Crippen LogP contribution is -2.26. The van der Waals surface area contributed by atoms with Gasteiger partial charge in [0.05, 0.1) is 11.3 Å². The smallest absolute Gasteiger partial charge is 0.275 e. The number of benzene rings is 1. The second-order valence-electron chi connectivity index (χ2n) is 4.71. The summed E-state index contributed by atoms with van der Waals surface area (Å²) in [6.45, 7) is 2.54. The number of aromatic nitrogens is 1. The number of nitrogens with zero attached hydrogens (tertiary/aromatic N) is 1. The van der Waals surface area contributed by atoms with E-state index >= 15 is 0 Å². The van der Waals surface area contributed by atoms with E-state index in [1.165, 1.54) is 11.3 Å². The van der Waals surface area contributed by atoms with Crippen LogP contribution in [0.5, 0.6) is 0 Å². The van der Waals surface area contributed by atoms with Crippen LogP contribution in [-0.2, 0) is 5.88 Å². The Bertz CT molecular complexity index is 720. The largest absolute Gasteiger partial charge is 0.352 e. The summed E-state index contributed by atoms with van der Waals surface area (Å²) < 4.78 is 0.626. The van der Waals surface area contributed by atoms with Crippen molar-refractivity contribution in [2.45, 2.75) is 19.2 Å². The van der Waals surface area contributed by atoms with Crippen molar-refractivity contribution in [3.8, 4) is 0 Å². The van der Waals surface area contributed by atoms with E-state index in [0.717, 1.165) is 12.0 Å². The molecule has 1 aromatic heterocycles. The maximum atomic E-state index is 12.3. The summed E-state index contributed by atoms with van der Waals surface area (Å²) >= 11 is 10.4. The zero-order valence-electron chi connectivity index (χ0n) is 12.4. The molecule has 0 bridgehead atoms. The normalized spacial score (nSPS) is 10.4. The number of alkyl halides is 1. The van der Waals surface area contributed by atoms with Crippen molar-refractivity contribution < 1.29 is 9.59 Å².